The molecule has 0 radical (unpaired) electrons. The van der Waals surface area contributed by atoms with Gasteiger partial charge in [-0.2, -0.15) is 0 Å². The van der Waals surface area contributed by atoms with E-state index < -0.39 is 0 Å². The largest absolute Gasteiger partial charge is 0.497 e. The molecular formula is C20H22N2O2. The number of methoxy groups -OCH3 is 1. The first-order chi connectivity index (χ1) is 11.8. The molecule has 1 unspecified atom stereocenters. The zero-order valence-corrected chi connectivity index (χ0v) is 13.9. The van der Waals surface area contributed by atoms with Crippen LogP contribution in [-0.4, -0.2) is 24.5 Å². The van der Waals surface area contributed by atoms with E-state index in [2.05, 4.69) is 23.5 Å². The molecule has 0 aromatic heterocycles. The van der Waals surface area contributed by atoms with E-state index in [9.17, 15) is 4.79 Å². The summed E-state index contributed by atoms with van der Waals surface area (Å²) in [6.07, 6.45) is 2.05. The van der Waals surface area contributed by atoms with Gasteiger partial charge in [0.1, 0.15) is 5.75 Å². The number of carbonyl (C=O) groups excluding carboxylic acids is 1. The number of nitrogens with zero attached hydrogens (tertiary/aromatic N) is 1. The zero-order chi connectivity index (χ0) is 16.5. The third-order valence-electron chi connectivity index (χ3n) is 5.08. The Balaban J connectivity index is 1.61. The lowest BCUT2D eigenvalue weighted by molar-refractivity contribution is 0.0735. The van der Waals surface area contributed by atoms with Crippen molar-refractivity contribution < 1.29 is 9.53 Å². The van der Waals surface area contributed by atoms with Crippen molar-refractivity contribution in [3.63, 3.8) is 0 Å². The quantitative estimate of drug-likeness (QED) is 0.943. The number of carbonyl (C=O) groups is 1. The predicted molar refractivity (Wildman–Crippen MR) is 93.0 cm³/mol. The monoisotopic (exact) mass is 322 g/mol. The molecule has 0 saturated carbocycles. The van der Waals surface area contributed by atoms with Crippen molar-refractivity contribution in [2.75, 3.05) is 13.7 Å². The SMILES string of the molecule is COc1cccc(C2CCCN2C(=O)c2ccc3c(c2)CNC3)c1. The van der Waals surface area contributed by atoms with Crippen LogP contribution >= 0.6 is 0 Å². The van der Waals surface area contributed by atoms with Gasteiger partial charge in [0.2, 0.25) is 0 Å². The molecule has 124 valence electrons. The van der Waals surface area contributed by atoms with Crippen LogP contribution in [0.3, 0.4) is 0 Å². The smallest absolute Gasteiger partial charge is 0.254 e. The first-order valence-electron chi connectivity index (χ1n) is 8.54. The Morgan fingerprint density at radius 3 is 2.92 bits per heavy atom. The molecule has 4 nitrogen and oxygen atoms in total. The molecule has 2 aromatic carbocycles. The Bertz CT molecular complexity index is 772. The summed E-state index contributed by atoms with van der Waals surface area (Å²) < 4.78 is 5.33. The molecule has 0 bridgehead atoms. The molecule has 0 spiro atoms. The number of likely N-dealkylation sites (tertiary alicyclic amines) is 1. The lowest BCUT2D eigenvalue weighted by Gasteiger charge is -2.25. The van der Waals surface area contributed by atoms with Crippen molar-refractivity contribution >= 4 is 5.91 Å². The van der Waals surface area contributed by atoms with Crippen LogP contribution < -0.4 is 10.1 Å². The van der Waals surface area contributed by atoms with Gasteiger partial charge in [-0.15, -0.1) is 0 Å². The first kappa shape index (κ1) is 15.2. The highest BCUT2D eigenvalue weighted by Crippen LogP contribution is 2.34. The average Bonchev–Trinajstić information content (AvgIpc) is 3.29. The van der Waals surface area contributed by atoms with Crippen LogP contribution in [0.15, 0.2) is 42.5 Å². The number of ether oxygens (including phenoxy) is 1. The van der Waals surface area contributed by atoms with Crippen LogP contribution in [0, 0.1) is 0 Å². The van der Waals surface area contributed by atoms with Crippen molar-refractivity contribution in [3.8, 4) is 5.75 Å². The van der Waals surface area contributed by atoms with E-state index in [0.29, 0.717) is 0 Å². The highest BCUT2D eigenvalue weighted by molar-refractivity contribution is 5.95. The average molecular weight is 322 g/mol. The van der Waals surface area contributed by atoms with E-state index in [1.165, 1.54) is 11.1 Å². The van der Waals surface area contributed by atoms with Gasteiger partial charge in [-0.1, -0.05) is 18.2 Å². The standard InChI is InChI=1S/C20H22N2O2/c1-24-18-5-2-4-14(11-18)19-6-3-9-22(19)20(23)15-7-8-16-12-21-13-17(16)10-15/h2,4-5,7-8,10-11,19,21H,3,6,9,12-13H2,1H3. The second-order valence-electron chi connectivity index (χ2n) is 6.52. The van der Waals surface area contributed by atoms with Gasteiger partial charge in [-0.3, -0.25) is 4.79 Å². The van der Waals surface area contributed by atoms with Crippen LogP contribution in [0.2, 0.25) is 0 Å². The van der Waals surface area contributed by atoms with E-state index in [-0.39, 0.29) is 11.9 Å². The molecule has 2 aromatic rings. The summed E-state index contributed by atoms with van der Waals surface area (Å²) in [5.41, 5.74) is 4.51. The van der Waals surface area contributed by atoms with E-state index in [4.69, 9.17) is 4.74 Å². The third-order valence-corrected chi connectivity index (χ3v) is 5.08. The Morgan fingerprint density at radius 2 is 2.04 bits per heavy atom. The number of amides is 1. The molecule has 2 heterocycles. The minimum Gasteiger partial charge on any atom is -0.497 e. The minimum absolute atomic E-state index is 0.134. The van der Waals surface area contributed by atoms with Crippen molar-refractivity contribution in [2.24, 2.45) is 0 Å². The minimum atomic E-state index is 0.134. The second-order valence-corrected chi connectivity index (χ2v) is 6.52. The van der Waals surface area contributed by atoms with Gasteiger partial charge in [0.05, 0.1) is 13.2 Å². The zero-order valence-electron chi connectivity index (χ0n) is 13.9. The Kier molecular flexibility index (Phi) is 3.98. The van der Waals surface area contributed by atoms with Gasteiger partial charge in [-0.05, 0) is 53.8 Å². The van der Waals surface area contributed by atoms with E-state index in [0.717, 1.165) is 49.4 Å². The fourth-order valence-corrected chi connectivity index (χ4v) is 3.80. The summed E-state index contributed by atoms with van der Waals surface area (Å²) in [6, 6.07) is 14.3. The topological polar surface area (TPSA) is 41.6 Å². The van der Waals surface area contributed by atoms with Gasteiger partial charge in [0.25, 0.3) is 5.91 Å². The molecule has 0 aliphatic carbocycles. The maximum atomic E-state index is 13.1. The van der Waals surface area contributed by atoms with Crippen molar-refractivity contribution in [1.82, 2.24) is 10.2 Å². The van der Waals surface area contributed by atoms with Crippen LogP contribution in [0.5, 0.6) is 5.75 Å². The summed E-state index contributed by atoms with van der Waals surface area (Å²) in [5, 5.41) is 3.33. The molecule has 2 aliphatic heterocycles. The molecule has 4 heteroatoms. The fraction of sp³-hybridized carbons (Fsp3) is 0.350. The lowest BCUT2D eigenvalue weighted by atomic mass is 10.0. The molecule has 1 saturated heterocycles. The van der Waals surface area contributed by atoms with Gasteiger partial charge in [-0.25, -0.2) is 0 Å². The maximum Gasteiger partial charge on any atom is 0.254 e. The van der Waals surface area contributed by atoms with Crippen molar-refractivity contribution in [3.05, 3.63) is 64.7 Å². The highest BCUT2D eigenvalue weighted by atomic mass is 16.5. The predicted octanol–water partition coefficient (Wildman–Crippen LogP) is 3.28. The van der Waals surface area contributed by atoms with E-state index >= 15 is 0 Å². The Labute approximate surface area is 142 Å². The highest BCUT2D eigenvalue weighted by Gasteiger charge is 2.31. The third kappa shape index (κ3) is 2.67. The van der Waals surface area contributed by atoms with E-state index in [1.807, 2.05) is 29.2 Å². The number of hydrogen-bond donors (Lipinski definition) is 1. The molecule has 4 rings (SSSR count). The van der Waals surface area contributed by atoms with Crippen molar-refractivity contribution in [1.29, 1.82) is 0 Å². The molecule has 1 atom stereocenters. The molecule has 1 fully saturated rings. The van der Waals surface area contributed by atoms with Crippen LogP contribution in [0.25, 0.3) is 0 Å². The van der Waals surface area contributed by atoms with Crippen LogP contribution in [0.1, 0.15) is 45.9 Å². The van der Waals surface area contributed by atoms with Crippen molar-refractivity contribution in [2.45, 2.75) is 32.0 Å². The van der Waals surface area contributed by atoms with Gasteiger partial charge < -0.3 is 15.0 Å². The summed E-state index contributed by atoms with van der Waals surface area (Å²) >= 11 is 0. The second kappa shape index (κ2) is 6.29. The first-order valence-corrected chi connectivity index (χ1v) is 8.54. The summed E-state index contributed by atoms with van der Waals surface area (Å²) in [4.78, 5) is 15.1. The summed E-state index contributed by atoms with van der Waals surface area (Å²) in [6.45, 7) is 2.58. The van der Waals surface area contributed by atoms with Crippen LogP contribution in [-0.2, 0) is 13.1 Å². The number of benzene rings is 2. The normalized spacial score (nSPS) is 19.4. The number of fused-ring (bicyclic) bond motifs is 1. The number of nitrogens with one attached hydrogen (secondary N) is 1. The van der Waals surface area contributed by atoms with Gasteiger partial charge >= 0.3 is 0 Å². The Morgan fingerprint density at radius 1 is 1.17 bits per heavy atom. The number of rotatable bonds is 3. The number of hydrogen-bond acceptors (Lipinski definition) is 3. The summed E-state index contributed by atoms with van der Waals surface area (Å²) in [7, 11) is 1.68. The molecule has 1 amide bonds. The Hall–Kier alpha value is -2.33. The maximum absolute atomic E-state index is 13.1. The van der Waals surface area contributed by atoms with E-state index in [1.54, 1.807) is 7.11 Å². The van der Waals surface area contributed by atoms with Gasteiger partial charge in [0.15, 0.2) is 0 Å². The molecule has 24 heavy (non-hydrogen) atoms. The molecule has 1 N–H and O–H groups in total. The summed E-state index contributed by atoms with van der Waals surface area (Å²) in [5.74, 6) is 0.977. The molecular weight excluding hydrogens is 300 g/mol. The lowest BCUT2D eigenvalue weighted by Crippen LogP contribution is -2.30. The van der Waals surface area contributed by atoms with Gasteiger partial charge in [0, 0.05) is 25.2 Å². The molecule has 2 aliphatic rings. The fourth-order valence-electron chi connectivity index (χ4n) is 3.80. The van der Waals surface area contributed by atoms with Crippen LogP contribution in [0.4, 0.5) is 0 Å².